The number of aryl methyl sites for hydroxylation is 2. The van der Waals surface area contributed by atoms with E-state index in [1.807, 2.05) is 13.0 Å². The van der Waals surface area contributed by atoms with Crippen LogP contribution in [0.15, 0.2) is 41.3 Å². The molecule has 0 aliphatic heterocycles. The summed E-state index contributed by atoms with van der Waals surface area (Å²) >= 11 is 12.0. The van der Waals surface area contributed by atoms with Crippen molar-refractivity contribution in [2.45, 2.75) is 38.6 Å². The van der Waals surface area contributed by atoms with Crippen LogP contribution in [0, 0.1) is 19.8 Å². The van der Waals surface area contributed by atoms with Crippen molar-refractivity contribution in [3.05, 3.63) is 57.6 Å². The lowest BCUT2D eigenvalue weighted by Gasteiger charge is -2.21. The van der Waals surface area contributed by atoms with Crippen LogP contribution in [-0.2, 0) is 24.3 Å². The number of hydrogen-bond donors (Lipinski definition) is 2. The molecule has 0 saturated carbocycles. The number of sulfonamides is 1. The largest absolute Gasteiger partial charge is 0.454 e. The highest BCUT2D eigenvalue weighted by Crippen LogP contribution is 2.27. The van der Waals surface area contributed by atoms with E-state index in [-0.39, 0.29) is 4.90 Å². The predicted octanol–water partition coefficient (Wildman–Crippen LogP) is 4.10. The standard InChI is InChI=1S/C21H24Cl2N2O5S/c1-12(2)19(25-31(28,29)16-7-5-15(22)6-8-16)21(27)30-11-18(26)24-20-14(4)9-13(3)10-17(20)23/h5-10,12,19,25H,11H2,1-4H3,(H,24,26)/t19-/m1/s1. The number of esters is 1. The van der Waals surface area contributed by atoms with Crippen molar-refractivity contribution in [3.8, 4) is 0 Å². The van der Waals surface area contributed by atoms with Gasteiger partial charge in [0.15, 0.2) is 6.61 Å². The Morgan fingerprint density at radius 3 is 2.23 bits per heavy atom. The first-order valence-corrected chi connectivity index (χ1v) is 11.7. The maximum absolute atomic E-state index is 12.6. The predicted molar refractivity (Wildman–Crippen MR) is 121 cm³/mol. The molecule has 0 unspecified atom stereocenters. The number of benzene rings is 2. The van der Waals surface area contributed by atoms with E-state index >= 15 is 0 Å². The highest BCUT2D eigenvalue weighted by Gasteiger charge is 2.30. The number of amides is 1. The molecule has 0 spiro atoms. The maximum Gasteiger partial charge on any atom is 0.324 e. The van der Waals surface area contributed by atoms with Crippen molar-refractivity contribution in [1.29, 1.82) is 0 Å². The Bertz CT molecular complexity index is 1050. The summed E-state index contributed by atoms with van der Waals surface area (Å²) in [5, 5.41) is 3.36. The molecule has 0 aromatic heterocycles. The van der Waals surface area contributed by atoms with Gasteiger partial charge in [-0.05, 0) is 61.2 Å². The lowest BCUT2D eigenvalue weighted by molar-refractivity contribution is -0.150. The van der Waals surface area contributed by atoms with E-state index in [4.69, 9.17) is 27.9 Å². The Morgan fingerprint density at radius 1 is 1.06 bits per heavy atom. The number of rotatable bonds is 8. The molecule has 0 fully saturated rings. The number of carbonyl (C=O) groups excluding carboxylic acids is 2. The van der Waals surface area contributed by atoms with Crippen molar-refractivity contribution in [3.63, 3.8) is 0 Å². The van der Waals surface area contributed by atoms with Gasteiger partial charge in [0, 0.05) is 5.02 Å². The minimum atomic E-state index is -4.00. The smallest absolute Gasteiger partial charge is 0.324 e. The van der Waals surface area contributed by atoms with Crippen molar-refractivity contribution in [1.82, 2.24) is 4.72 Å². The van der Waals surface area contributed by atoms with Gasteiger partial charge in [-0.15, -0.1) is 0 Å². The average molecular weight is 487 g/mol. The van der Waals surface area contributed by atoms with Gasteiger partial charge in [0.1, 0.15) is 6.04 Å². The Labute approximate surface area is 192 Å². The molecule has 168 valence electrons. The normalized spacial score (nSPS) is 12.5. The summed E-state index contributed by atoms with van der Waals surface area (Å²) in [5.74, 6) is -1.88. The van der Waals surface area contributed by atoms with E-state index in [1.54, 1.807) is 26.8 Å². The molecule has 10 heteroatoms. The van der Waals surface area contributed by atoms with E-state index in [1.165, 1.54) is 24.3 Å². The molecule has 0 aliphatic rings. The molecular formula is C21H24Cl2N2O5S. The van der Waals surface area contributed by atoms with E-state index in [9.17, 15) is 18.0 Å². The number of ether oxygens (including phenoxy) is 1. The zero-order valence-corrected chi connectivity index (χ0v) is 19.9. The van der Waals surface area contributed by atoms with Gasteiger partial charge in [-0.25, -0.2) is 8.42 Å². The highest BCUT2D eigenvalue weighted by atomic mass is 35.5. The maximum atomic E-state index is 12.6. The Kier molecular flexibility index (Phi) is 8.48. The summed E-state index contributed by atoms with van der Waals surface area (Å²) < 4.78 is 32.6. The van der Waals surface area contributed by atoms with Gasteiger partial charge in [0.25, 0.3) is 5.91 Å². The van der Waals surface area contributed by atoms with Crippen molar-refractivity contribution in [2.75, 3.05) is 11.9 Å². The molecule has 2 aromatic carbocycles. The van der Waals surface area contributed by atoms with Crippen LogP contribution >= 0.6 is 23.2 Å². The van der Waals surface area contributed by atoms with Gasteiger partial charge in [0.05, 0.1) is 15.6 Å². The summed E-state index contributed by atoms with van der Waals surface area (Å²) in [6.07, 6.45) is 0. The zero-order valence-electron chi connectivity index (χ0n) is 17.5. The van der Waals surface area contributed by atoms with Crippen LogP contribution in [0.4, 0.5) is 5.69 Å². The fraction of sp³-hybridized carbons (Fsp3) is 0.333. The molecule has 0 bridgehead atoms. The molecule has 0 radical (unpaired) electrons. The van der Waals surface area contributed by atoms with Crippen LogP contribution < -0.4 is 10.0 Å². The molecule has 2 rings (SSSR count). The molecule has 31 heavy (non-hydrogen) atoms. The molecule has 1 amide bonds. The fourth-order valence-electron chi connectivity index (χ4n) is 2.78. The lowest BCUT2D eigenvalue weighted by Crippen LogP contribution is -2.45. The lowest BCUT2D eigenvalue weighted by atomic mass is 10.1. The van der Waals surface area contributed by atoms with Gasteiger partial charge in [0.2, 0.25) is 10.0 Å². The number of carbonyl (C=O) groups is 2. The van der Waals surface area contributed by atoms with Crippen LogP contribution in [0.1, 0.15) is 25.0 Å². The SMILES string of the molecule is Cc1cc(C)c(NC(=O)COC(=O)[C@H](NS(=O)(=O)c2ccc(Cl)cc2)C(C)C)c(Cl)c1. The second-order valence-electron chi connectivity index (χ2n) is 7.39. The monoisotopic (exact) mass is 486 g/mol. The van der Waals surface area contributed by atoms with Crippen LogP contribution in [-0.4, -0.2) is 32.9 Å². The molecule has 1 atom stereocenters. The Balaban J connectivity index is 2.04. The molecule has 0 aliphatic carbocycles. The van der Waals surface area contributed by atoms with Crippen molar-refractivity contribution in [2.24, 2.45) is 5.92 Å². The second-order valence-corrected chi connectivity index (χ2v) is 9.95. The van der Waals surface area contributed by atoms with Crippen LogP contribution in [0.25, 0.3) is 0 Å². The number of halogens is 2. The van der Waals surface area contributed by atoms with Crippen molar-refractivity contribution >= 4 is 50.8 Å². The zero-order chi connectivity index (χ0) is 23.3. The molecule has 0 saturated heterocycles. The van der Waals surface area contributed by atoms with Gasteiger partial charge in [-0.3, -0.25) is 9.59 Å². The van der Waals surface area contributed by atoms with Gasteiger partial charge in [-0.1, -0.05) is 43.1 Å². The van der Waals surface area contributed by atoms with Crippen molar-refractivity contribution < 1.29 is 22.7 Å². The first kappa shape index (κ1) is 25.1. The van der Waals surface area contributed by atoms with Crippen LogP contribution in [0.3, 0.4) is 0 Å². The first-order valence-electron chi connectivity index (χ1n) is 9.42. The quantitative estimate of drug-likeness (QED) is 0.546. The summed E-state index contributed by atoms with van der Waals surface area (Å²) in [7, 11) is -4.00. The third kappa shape index (κ3) is 6.93. The second kappa shape index (κ2) is 10.5. The van der Waals surface area contributed by atoms with Crippen LogP contribution in [0.2, 0.25) is 10.0 Å². The summed E-state index contributed by atoms with van der Waals surface area (Å²) in [6, 6.07) is 7.90. The third-order valence-corrected chi connectivity index (χ3v) is 6.38. The molecule has 0 heterocycles. The summed E-state index contributed by atoms with van der Waals surface area (Å²) in [5.41, 5.74) is 2.14. The molecular weight excluding hydrogens is 463 g/mol. The third-order valence-electron chi connectivity index (χ3n) is 4.37. The minimum absolute atomic E-state index is 0.0439. The van der Waals surface area contributed by atoms with E-state index in [0.717, 1.165) is 11.1 Å². The fourth-order valence-corrected chi connectivity index (χ4v) is 4.61. The van der Waals surface area contributed by atoms with Gasteiger partial charge >= 0.3 is 5.97 Å². The number of nitrogens with one attached hydrogen (secondary N) is 2. The Morgan fingerprint density at radius 2 is 1.68 bits per heavy atom. The average Bonchev–Trinajstić information content (AvgIpc) is 2.67. The number of hydrogen-bond acceptors (Lipinski definition) is 5. The Hall–Kier alpha value is -2.13. The summed E-state index contributed by atoms with van der Waals surface area (Å²) in [6.45, 7) is 6.40. The van der Waals surface area contributed by atoms with E-state index in [0.29, 0.717) is 15.7 Å². The van der Waals surface area contributed by atoms with Gasteiger partial charge in [-0.2, -0.15) is 4.72 Å². The minimum Gasteiger partial charge on any atom is -0.454 e. The summed E-state index contributed by atoms with van der Waals surface area (Å²) in [4.78, 5) is 24.7. The van der Waals surface area contributed by atoms with E-state index in [2.05, 4.69) is 10.0 Å². The molecule has 2 N–H and O–H groups in total. The molecule has 2 aromatic rings. The first-order chi connectivity index (χ1) is 14.4. The van der Waals surface area contributed by atoms with E-state index < -0.39 is 40.5 Å². The molecule has 7 nitrogen and oxygen atoms in total. The number of anilines is 1. The van der Waals surface area contributed by atoms with Gasteiger partial charge < -0.3 is 10.1 Å². The van der Waals surface area contributed by atoms with Crippen LogP contribution in [0.5, 0.6) is 0 Å². The highest BCUT2D eigenvalue weighted by molar-refractivity contribution is 7.89. The topological polar surface area (TPSA) is 102 Å².